The van der Waals surface area contributed by atoms with Crippen molar-refractivity contribution in [1.82, 2.24) is 10.2 Å². The first-order chi connectivity index (χ1) is 16.3. The number of benzene rings is 3. The summed E-state index contributed by atoms with van der Waals surface area (Å²) in [4.78, 5) is 2.70. The molecule has 3 aromatic carbocycles. The van der Waals surface area contributed by atoms with Crippen molar-refractivity contribution in [3.05, 3.63) is 95.6 Å². The first-order valence-electron chi connectivity index (χ1n) is 11.5. The minimum Gasteiger partial charge on any atom is -0.309 e. The fourth-order valence-corrected chi connectivity index (χ4v) is 9.43. The quantitative estimate of drug-likeness (QED) is 0.460. The van der Waals surface area contributed by atoms with Gasteiger partial charge in [0, 0.05) is 32.2 Å². The number of rotatable bonds is 7. The van der Waals surface area contributed by atoms with E-state index in [9.17, 15) is 16.8 Å². The minimum atomic E-state index is -3.84. The van der Waals surface area contributed by atoms with Crippen molar-refractivity contribution < 1.29 is 16.8 Å². The zero-order valence-corrected chi connectivity index (χ0v) is 22.9. The summed E-state index contributed by atoms with van der Waals surface area (Å²) in [6.45, 7) is 3.21. The van der Waals surface area contributed by atoms with Crippen molar-refractivity contribution in [1.29, 1.82) is 0 Å². The summed E-state index contributed by atoms with van der Waals surface area (Å²) >= 11 is 0. The van der Waals surface area contributed by atoms with Crippen molar-refractivity contribution in [2.24, 2.45) is 0 Å². The molecule has 0 aromatic heterocycles. The van der Waals surface area contributed by atoms with E-state index in [0.29, 0.717) is 12.1 Å². The van der Waals surface area contributed by atoms with E-state index in [-0.39, 0.29) is 40.6 Å². The highest BCUT2D eigenvalue weighted by Gasteiger charge is 2.44. The Labute approximate surface area is 225 Å². The van der Waals surface area contributed by atoms with E-state index >= 15 is 0 Å². The molecule has 1 unspecified atom stereocenters. The molecule has 2 aliphatic rings. The molecular weight excluding hydrogens is 539 g/mol. The van der Waals surface area contributed by atoms with Gasteiger partial charge < -0.3 is 5.32 Å². The summed E-state index contributed by atoms with van der Waals surface area (Å²) in [7, 11) is -7.51. The molecule has 1 saturated heterocycles. The largest absolute Gasteiger partial charge is 0.309 e. The molecule has 1 N–H and O–H groups in total. The van der Waals surface area contributed by atoms with Crippen molar-refractivity contribution in [2.45, 2.75) is 40.6 Å². The Morgan fingerprint density at radius 2 is 1.56 bits per heavy atom. The Morgan fingerprint density at radius 3 is 2.25 bits per heavy atom. The van der Waals surface area contributed by atoms with E-state index in [0.717, 1.165) is 31.6 Å². The summed E-state index contributed by atoms with van der Waals surface area (Å²) in [5.74, 6) is -0.412. The molecule has 0 amide bonds. The molecule has 5 rings (SSSR count). The van der Waals surface area contributed by atoms with Crippen LogP contribution in [0.3, 0.4) is 0 Å². The second-order valence-electron chi connectivity index (χ2n) is 9.04. The first kappa shape index (κ1) is 28.6. The predicted molar refractivity (Wildman–Crippen MR) is 146 cm³/mol. The van der Waals surface area contributed by atoms with E-state index in [4.69, 9.17) is 0 Å². The second kappa shape index (κ2) is 11.6. The van der Waals surface area contributed by atoms with E-state index in [1.807, 2.05) is 24.3 Å². The predicted octanol–water partition coefficient (Wildman–Crippen LogP) is 4.20. The molecule has 6 nitrogen and oxygen atoms in total. The highest BCUT2D eigenvalue weighted by atomic mass is 35.5. The maximum Gasteiger partial charge on any atom is 0.186 e. The van der Waals surface area contributed by atoms with Crippen LogP contribution < -0.4 is 5.32 Å². The molecule has 36 heavy (non-hydrogen) atoms. The monoisotopic (exact) mass is 568 g/mol. The van der Waals surface area contributed by atoms with Crippen LogP contribution in [0.5, 0.6) is 0 Å². The molecule has 2 heterocycles. The molecule has 0 saturated carbocycles. The lowest BCUT2D eigenvalue weighted by Gasteiger charge is -2.19. The molecule has 194 valence electrons. The maximum absolute atomic E-state index is 13.4. The number of halogens is 2. The highest BCUT2D eigenvalue weighted by Crippen LogP contribution is 2.42. The number of nitrogens with one attached hydrogen (secondary N) is 1. The lowest BCUT2D eigenvalue weighted by atomic mass is 10.0. The van der Waals surface area contributed by atoms with Gasteiger partial charge in [-0.2, -0.15) is 0 Å². The van der Waals surface area contributed by atoms with Crippen LogP contribution in [-0.2, 0) is 32.8 Å². The Kier molecular flexibility index (Phi) is 9.25. The van der Waals surface area contributed by atoms with Crippen molar-refractivity contribution in [3.63, 3.8) is 0 Å². The summed E-state index contributed by atoms with van der Waals surface area (Å²) < 4.78 is 52.6. The average Bonchev–Trinajstić information content (AvgIpc) is 3.41. The van der Waals surface area contributed by atoms with E-state index in [1.54, 1.807) is 24.3 Å². The van der Waals surface area contributed by atoms with Crippen LogP contribution >= 0.6 is 24.8 Å². The summed E-state index contributed by atoms with van der Waals surface area (Å²) in [5.41, 5.74) is 2.45. The molecular formula is C26H30Cl2N2O4S2. The molecule has 10 heteroatoms. The van der Waals surface area contributed by atoms with Crippen molar-refractivity contribution >= 4 is 44.5 Å². The number of nitrogens with zero attached hydrogens (tertiary/aromatic N) is 1. The number of fused-ring (bicyclic) bond motifs is 1. The zero-order valence-electron chi connectivity index (χ0n) is 19.6. The van der Waals surface area contributed by atoms with Gasteiger partial charge in [0.15, 0.2) is 19.7 Å². The van der Waals surface area contributed by atoms with E-state index < -0.39 is 30.7 Å². The van der Waals surface area contributed by atoms with Crippen LogP contribution in [0.15, 0.2) is 88.7 Å². The molecule has 2 atom stereocenters. The third-order valence-corrected chi connectivity index (χ3v) is 10.8. The van der Waals surface area contributed by atoms with Gasteiger partial charge in [-0.05, 0) is 41.3 Å². The summed E-state index contributed by atoms with van der Waals surface area (Å²) in [6.07, 6.45) is 0.992. The normalized spacial score (nSPS) is 20.8. The van der Waals surface area contributed by atoms with Gasteiger partial charge in [-0.3, -0.25) is 4.90 Å². The molecule has 0 spiro atoms. The van der Waals surface area contributed by atoms with Gasteiger partial charge in [0.1, 0.15) is 5.25 Å². The molecule has 0 aliphatic carbocycles. The Hall–Kier alpha value is -1.94. The van der Waals surface area contributed by atoms with Crippen molar-refractivity contribution in [2.75, 3.05) is 18.8 Å². The highest BCUT2D eigenvalue weighted by molar-refractivity contribution is 7.96. The van der Waals surface area contributed by atoms with Crippen LogP contribution in [-0.4, -0.2) is 46.6 Å². The lowest BCUT2D eigenvalue weighted by molar-refractivity contribution is 0.320. The standard InChI is InChI=1S/C26H28N2O4S2.2ClH/c29-33(30)19-25(34(31,32)23-11-5-2-6-12-23)26-21(10-7-13-24(26)33)16-27-22-14-15-28(18-22)17-20-8-3-1-4-9-20;;/h1-13,22,25,27H,14-19H2;2*1H/t22-,25?;;/m1../s1. The SMILES string of the molecule is Cl.Cl.O=S1(=O)CC(S(=O)(=O)c2ccccc2)c2c(CN[C@@H]3CCN(Cc4ccccc4)C3)cccc21. The number of likely N-dealkylation sites (tertiary alicyclic amines) is 1. The summed E-state index contributed by atoms with van der Waals surface area (Å²) in [5, 5.41) is 2.46. The van der Waals surface area contributed by atoms with Crippen LogP contribution in [0, 0.1) is 0 Å². The third-order valence-electron chi connectivity index (χ3n) is 6.73. The maximum atomic E-state index is 13.4. The third kappa shape index (κ3) is 5.79. The number of hydrogen-bond acceptors (Lipinski definition) is 6. The van der Waals surface area contributed by atoms with E-state index in [1.165, 1.54) is 23.8 Å². The van der Waals surface area contributed by atoms with Gasteiger partial charge in [-0.15, -0.1) is 24.8 Å². The van der Waals surface area contributed by atoms with Crippen LogP contribution in [0.4, 0.5) is 0 Å². The smallest absolute Gasteiger partial charge is 0.186 e. The van der Waals surface area contributed by atoms with Gasteiger partial charge in [0.05, 0.1) is 15.5 Å². The summed E-state index contributed by atoms with van der Waals surface area (Å²) in [6, 6.07) is 23.8. The Bertz CT molecular complexity index is 1390. The molecule has 3 aromatic rings. The lowest BCUT2D eigenvalue weighted by Crippen LogP contribution is -2.32. The first-order valence-corrected chi connectivity index (χ1v) is 14.7. The number of sulfone groups is 2. The van der Waals surface area contributed by atoms with E-state index in [2.05, 4.69) is 22.3 Å². The molecule has 0 bridgehead atoms. The molecule has 0 radical (unpaired) electrons. The number of hydrogen-bond donors (Lipinski definition) is 1. The topological polar surface area (TPSA) is 83.5 Å². The van der Waals surface area contributed by atoms with Gasteiger partial charge in [0.2, 0.25) is 0 Å². The van der Waals surface area contributed by atoms with Gasteiger partial charge >= 0.3 is 0 Å². The fourth-order valence-electron chi connectivity index (χ4n) is 5.01. The zero-order chi connectivity index (χ0) is 23.8. The van der Waals surface area contributed by atoms with Crippen LogP contribution in [0.25, 0.3) is 0 Å². The molecule has 1 fully saturated rings. The van der Waals surface area contributed by atoms with Gasteiger partial charge in [-0.1, -0.05) is 60.7 Å². The minimum absolute atomic E-state index is 0. The van der Waals surface area contributed by atoms with Crippen LogP contribution in [0.2, 0.25) is 0 Å². The average molecular weight is 570 g/mol. The van der Waals surface area contributed by atoms with Crippen LogP contribution in [0.1, 0.15) is 28.4 Å². The Balaban J connectivity index is 0.00000180. The van der Waals surface area contributed by atoms with Gasteiger partial charge in [0.25, 0.3) is 0 Å². The Morgan fingerprint density at radius 1 is 0.889 bits per heavy atom. The van der Waals surface area contributed by atoms with Crippen molar-refractivity contribution in [3.8, 4) is 0 Å². The second-order valence-corrected chi connectivity index (χ2v) is 13.2. The fraction of sp³-hybridized carbons (Fsp3) is 0.308. The molecule has 2 aliphatic heterocycles. The van der Waals surface area contributed by atoms with Gasteiger partial charge in [-0.25, -0.2) is 16.8 Å².